The molecule has 1 amide bonds. The van der Waals surface area contributed by atoms with Crippen molar-refractivity contribution in [2.75, 3.05) is 6.61 Å². The van der Waals surface area contributed by atoms with Gasteiger partial charge in [-0.15, -0.1) is 0 Å². The second kappa shape index (κ2) is 7.88. The number of halogens is 2. The third kappa shape index (κ3) is 4.27. The Morgan fingerprint density at radius 3 is 2.82 bits per heavy atom. The van der Waals surface area contributed by atoms with Crippen molar-refractivity contribution in [3.63, 3.8) is 0 Å². The van der Waals surface area contributed by atoms with Crippen molar-refractivity contribution < 1.29 is 13.9 Å². The first-order valence-corrected chi connectivity index (χ1v) is 7.70. The van der Waals surface area contributed by atoms with Crippen LogP contribution in [0.15, 0.2) is 47.6 Å². The lowest BCUT2D eigenvalue weighted by atomic mass is 10.2. The second-order valence-electron chi connectivity index (χ2n) is 4.30. The first-order chi connectivity index (χ1) is 10.6. The van der Waals surface area contributed by atoms with Gasteiger partial charge in [0, 0.05) is 0 Å². The van der Waals surface area contributed by atoms with E-state index in [0.717, 1.165) is 14.9 Å². The highest BCUT2D eigenvalue weighted by molar-refractivity contribution is 14.1. The van der Waals surface area contributed by atoms with Gasteiger partial charge < -0.3 is 4.74 Å². The number of amides is 1. The van der Waals surface area contributed by atoms with Gasteiger partial charge in [0.15, 0.2) is 0 Å². The van der Waals surface area contributed by atoms with Gasteiger partial charge in [-0.25, -0.2) is 9.82 Å². The van der Waals surface area contributed by atoms with Crippen LogP contribution in [0.3, 0.4) is 0 Å². The molecule has 0 spiro atoms. The molecule has 0 bridgehead atoms. The number of hydrogen-bond donors (Lipinski definition) is 1. The van der Waals surface area contributed by atoms with E-state index in [0.29, 0.717) is 6.61 Å². The summed E-state index contributed by atoms with van der Waals surface area (Å²) in [4.78, 5) is 11.8. The molecule has 0 saturated carbocycles. The van der Waals surface area contributed by atoms with Gasteiger partial charge in [-0.2, -0.15) is 5.10 Å². The second-order valence-corrected chi connectivity index (χ2v) is 5.46. The van der Waals surface area contributed by atoms with Crippen LogP contribution in [0.2, 0.25) is 0 Å². The molecule has 0 aromatic heterocycles. The van der Waals surface area contributed by atoms with E-state index in [4.69, 9.17) is 4.74 Å². The number of ether oxygens (including phenoxy) is 1. The van der Waals surface area contributed by atoms with Crippen LogP contribution in [0.5, 0.6) is 5.75 Å². The van der Waals surface area contributed by atoms with Crippen molar-refractivity contribution >= 4 is 34.7 Å². The number of benzene rings is 2. The van der Waals surface area contributed by atoms with E-state index in [1.807, 2.05) is 25.1 Å². The smallest absolute Gasteiger partial charge is 0.274 e. The minimum absolute atomic E-state index is 0.0408. The summed E-state index contributed by atoms with van der Waals surface area (Å²) in [6.45, 7) is 2.52. The molecule has 0 heterocycles. The third-order valence-corrected chi connectivity index (χ3v) is 3.60. The van der Waals surface area contributed by atoms with Crippen molar-refractivity contribution in [2.24, 2.45) is 5.10 Å². The lowest BCUT2D eigenvalue weighted by Gasteiger charge is -2.06. The molecule has 2 rings (SSSR count). The zero-order valence-electron chi connectivity index (χ0n) is 11.8. The zero-order chi connectivity index (χ0) is 15.9. The molecule has 114 valence electrons. The summed E-state index contributed by atoms with van der Waals surface area (Å²) < 4.78 is 19.8. The highest BCUT2D eigenvalue weighted by Crippen LogP contribution is 2.21. The molecule has 2 aromatic rings. The van der Waals surface area contributed by atoms with Crippen LogP contribution >= 0.6 is 22.6 Å². The Balaban J connectivity index is 2.02. The molecular weight excluding hydrogens is 398 g/mol. The fraction of sp³-hybridized carbons (Fsp3) is 0.125. The van der Waals surface area contributed by atoms with Gasteiger partial charge in [-0.05, 0) is 65.4 Å². The van der Waals surface area contributed by atoms with Gasteiger partial charge in [0.25, 0.3) is 5.91 Å². The van der Waals surface area contributed by atoms with Crippen LogP contribution in [0, 0.1) is 9.39 Å². The van der Waals surface area contributed by atoms with Crippen molar-refractivity contribution in [2.45, 2.75) is 6.92 Å². The van der Waals surface area contributed by atoms with Crippen LogP contribution in [0.1, 0.15) is 22.8 Å². The number of nitrogens with one attached hydrogen (secondary N) is 1. The molecule has 6 heteroatoms. The molecule has 0 radical (unpaired) electrons. The van der Waals surface area contributed by atoms with Crippen LogP contribution < -0.4 is 10.2 Å². The van der Waals surface area contributed by atoms with E-state index >= 15 is 0 Å². The predicted octanol–water partition coefficient (Wildman–Crippen LogP) is 3.59. The molecule has 0 atom stereocenters. The SMILES string of the molecule is CCOc1ccc(/C=N\NC(=O)c2ccccc2F)cc1I. The Labute approximate surface area is 141 Å². The van der Waals surface area contributed by atoms with Crippen molar-refractivity contribution in [3.05, 3.63) is 63.0 Å². The highest BCUT2D eigenvalue weighted by Gasteiger charge is 2.09. The molecule has 0 fully saturated rings. The van der Waals surface area contributed by atoms with Gasteiger partial charge in [0.05, 0.1) is 22.0 Å². The van der Waals surface area contributed by atoms with E-state index < -0.39 is 11.7 Å². The summed E-state index contributed by atoms with van der Waals surface area (Å²) in [5.41, 5.74) is 3.07. The maximum absolute atomic E-state index is 13.4. The Hall–Kier alpha value is -1.96. The Bertz CT molecular complexity index is 704. The third-order valence-electron chi connectivity index (χ3n) is 2.75. The summed E-state index contributed by atoms with van der Waals surface area (Å²) in [6.07, 6.45) is 1.50. The Kier molecular flexibility index (Phi) is 5.88. The summed E-state index contributed by atoms with van der Waals surface area (Å²) in [6, 6.07) is 11.3. The fourth-order valence-corrected chi connectivity index (χ4v) is 2.44. The van der Waals surface area contributed by atoms with E-state index in [1.165, 1.54) is 24.4 Å². The summed E-state index contributed by atoms with van der Waals surface area (Å²) >= 11 is 2.16. The molecule has 4 nitrogen and oxygen atoms in total. The van der Waals surface area contributed by atoms with Gasteiger partial charge in [-0.3, -0.25) is 4.79 Å². The first kappa shape index (κ1) is 16.4. The van der Waals surface area contributed by atoms with Gasteiger partial charge in [-0.1, -0.05) is 12.1 Å². The van der Waals surface area contributed by atoms with Crippen LogP contribution in [-0.4, -0.2) is 18.7 Å². The van der Waals surface area contributed by atoms with Crippen LogP contribution in [-0.2, 0) is 0 Å². The molecular formula is C16H14FIN2O2. The number of carbonyl (C=O) groups excluding carboxylic acids is 1. The number of hydrogen-bond acceptors (Lipinski definition) is 3. The summed E-state index contributed by atoms with van der Waals surface area (Å²) in [5.74, 6) is -0.364. The van der Waals surface area contributed by atoms with Gasteiger partial charge in [0.2, 0.25) is 0 Å². The minimum atomic E-state index is -0.588. The molecule has 0 aliphatic carbocycles. The standard InChI is InChI=1S/C16H14FIN2O2/c1-2-22-15-8-7-11(9-14(15)18)10-19-20-16(21)12-5-3-4-6-13(12)17/h3-10H,2H2,1H3,(H,20,21)/b19-10-. The predicted molar refractivity (Wildman–Crippen MR) is 91.8 cm³/mol. The lowest BCUT2D eigenvalue weighted by Crippen LogP contribution is -2.18. The van der Waals surface area contributed by atoms with Gasteiger partial charge in [0.1, 0.15) is 11.6 Å². The number of hydrazone groups is 1. The summed E-state index contributed by atoms with van der Waals surface area (Å²) in [5, 5.41) is 3.84. The fourth-order valence-electron chi connectivity index (χ4n) is 1.74. The minimum Gasteiger partial charge on any atom is -0.493 e. The maximum Gasteiger partial charge on any atom is 0.274 e. The highest BCUT2D eigenvalue weighted by atomic mass is 127. The molecule has 22 heavy (non-hydrogen) atoms. The van der Waals surface area contributed by atoms with Gasteiger partial charge >= 0.3 is 0 Å². The quantitative estimate of drug-likeness (QED) is 0.464. The number of rotatable bonds is 5. The maximum atomic E-state index is 13.4. The van der Waals surface area contributed by atoms with E-state index in [9.17, 15) is 9.18 Å². The molecule has 0 saturated heterocycles. The molecule has 2 aromatic carbocycles. The Morgan fingerprint density at radius 2 is 2.14 bits per heavy atom. The summed E-state index contributed by atoms with van der Waals surface area (Å²) in [7, 11) is 0. The largest absolute Gasteiger partial charge is 0.493 e. The first-order valence-electron chi connectivity index (χ1n) is 6.62. The van der Waals surface area contributed by atoms with Crippen molar-refractivity contribution in [1.82, 2.24) is 5.43 Å². The molecule has 1 N–H and O–H groups in total. The Morgan fingerprint density at radius 1 is 1.36 bits per heavy atom. The average Bonchev–Trinajstić information content (AvgIpc) is 2.50. The molecule has 0 aliphatic rings. The molecule has 0 unspecified atom stereocenters. The topological polar surface area (TPSA) is 50.7 Å². The van der Waals surface area contributed by atoms with Crippen molar-refractivity contribution in [1.29, 1.82) is 0 Å². The van der Waals surface area contributed by atoms with E-state index in [-0.39, 0.29) is 5.56 Å². The van der Waals surface area contributed by atoms with Crippen LogP contribution in [0.4, 0.5) is 4.39 Å². The average molecular weight is 412 g/mol. The monoisotopic (exact) mass is 412 g/mol. The van der Waals surface area contributed by atoms with Crippen LogP contribution in [0.25, 0.3) is 0 Å². The zero-order valence-corrected chi connectivity index (χ0v) is 14.0. The van der Waals surface area contributed by atoms with E-state index in [2.05, 4.69) is 33.1 Å². The lowest BCUT2D eigenvalue weighted by molar-refractivity contribution is 0.0951. The van der Waals surface area contributed by atoms with E-state index in [1.54, 1.807) is 6.07 Å². The normalized spacial score (nSPS) is 10.7. The molecule has 0 aliphatic heterocycles. The number of nitrogens with zero attached hydrogens (tertiary/aromatic N) is 1. The number of carbonyl (C=O) groups is 1. The van der Waals surface area contributed by atoms with Crippen molar-refractivity contribution in [3.8, 4) is 5.75 Å².